The molecule has 1 N–H and O–H groups in total. The molecule has 1 atom stereocenters. The Morgan fingerprint density at radius 1 is 0.722 bits per heavy atom. The normalized spacial score (nSPS) is 17.7. The van der Waals surface area contributed by atoms with Crippen LogP contribution in [0.3, 0.4) is 0 Å². The second-order valence-electron chi connectivity index (χ2n) is 5.84. The molecule has 0 aliphatic heterocycles. The highest BCUT2D eigenvalue weighted by molar-refractivity contribution is 4.91. The molecular formula is C11H19F6N. The maximum atomic E-state index is 12.4. The molecule has 0 amide bonds. The Hall–Kier alpha value is -0.460. The first-order chi connectivity index (χ1) is 7.62. The highest BCUT2D eigenvalue weighted by Crippen LogP contribution is 2.34. The van der Waals surface area contributed by atoms with Crippen molar-refractivity contribution in [1.29, 1.82) is 0 Å². The van der Waals surface area contributed by atoms with E-state index in [4.69, 9.17) is 0 Å². The van der Waals surface area contributed by atoms with Crippen LogP contribution in [-0.4, -0.2) is 23.4 Å². The van der Waals surface area contributed by atoms with Crippen LogP contribution in [0.2, 0.25) is 0 Å². The summed E-state index contributed by atoms with van der Waals surface area (Å²) >= 11 is 0. The van der Waals surface area contributed by atoms with Crippen LogP contribution in [0.25, 0.3) is 0 Å². The molecule has 7 heteroatoms. The van der Waals surface area contributed by atoms with Crippen molar-refractivity contribution in [3.63, 3.8) is 0 Å². The third-order valence-electron chi connectivity index (χ3n) is 2.23. The average molecular weight is 279 g/mol. The number of hydrogen-bond acceptors (Lipinski definition) is 1. The fourth-order valence-electron chi connectivity index (χ4n) is 1.96. The summed E-state index contributed by atoms with van der Waals surface area (Å²) in [6, 6.07) is 0. The van der Waals surface area contributed by atoms with Gasteiger partial charge in [-0.15, -0.1) is 0 Å². The van der Waals surface area contributed by atoms with Crippen LogP contribution < -0.4 is 5.32 Å². The zero-order valence-corrected chi connectivity index (χ0v) is 10.9. The van der Waals surface area contributed by atoms with Gasteiger partial charge in [-0.3, -0.25) is 0 Å². The largest absolute Gasteiger partial charge is 0.390 e. The molecule has 0 fully saturated rings. The Morgan fingerprint density at radius 3 is 1.44 bits per heavy atom. The molecule has 0 aromatic carbocycles. The zero-order valence-electron chi connectivity index (χ0n) is 10.9. The van der Waals surface area contributed by atoms with E-state index in [1.165, 1.54) is 6.92 Å². The Morgan fingerprint density at radius 2 is 1.17 bits per heavy atom. The van der Waals surface area contributed by atoms with Gasteiger partial charge in [0.1, 0.15) is 0 Å². The summed E-state index contributed by atoms with van der Waals surface area (Å²) in [5, 5.41) is 2.64. The van der Waals surface area contributed by atoms with Crippen molar-refractivity contribution in [1.82, 2.24) is 5.32 Å². The lowest BCUT2D eigenvalue weighted by molar-refractivity contribution is -0.163. The fourth-order valence-corrected chi connectivity index (χ4v) is 1.96. The summed E-state index contributed by atoms with van der Waals surface area (Å²) < 4.78 is 73.7. The van der Waals surface area contributed by atoms with Crippen molar-refractivity contribution < 1.29 is 26.3 Å². The van der Waals surface area contributed by atoms with Crippen molar-refractivity contribution in [3.05, 3.63) is 0 Å². The molecule has 0 heterocycles. The summed E-state index contributed by atoms with van der Waals surface area (Å²) in [6.07, 6.45) is -12.1. The molecule has 0 bridgehead atoms. The van der Waals surface area contributed by atoms with Gasteiger partial charge in [-0.25, -0.2) is 0 Å². The lowest BCUT2D eigenvalue weighted by Crippen LogP contribution is -2.54. The lowest BCUT2D eigenvalue weighted by atomic mass is 9.88. The van der Waals surface area contributed by atoms with Crippen molar-refractivity contribution >= 4 is 0 Å². The molecule has 0 saturated heterocycles. The second kappa shape index (κ2) is 5.27. The first-order valence-corrected chi connectivity index (χ1v) is 5.55. The van der Waals surface area contributed by atoms with E-state index in [0.29, 0.717) is 0 Å². The minimum Gasteiger partial charge on any atom is -0.307 e. The Balaban J connectivity index is 4.81. The van der Waals surface area contributed by atoms with Gasteiger partial charge in [0.25, 0.3) is 0 Å². The Labute approximate surface area is 103 Å². The van der Waals surface area contributed by atoms with Crippen LogP contribution in [0.4, 0.5) is 26.3 Å². The first-order valence-electron chi connectivity index (χ1n) is 5.55. The lowest BCUT2D eigenvalue weighted by Gasteiger charge is -2.38. The number of alkyl halides is 6. The number of rotatable bonds is 4. The summed E-state index contributed by atoms with van der Waals surface area (Å²) in [6.45, 7) is 6.04. The molecule has 0 aliphatic rings. The number of hydrogen-bond donors (Lipinski definition) is 1. The van der Waals surface area contributed by atoms with E-state index in [-0.39, 0.29) is 0 Å². The van der Waals surface area contributed by atoms with E-state index in [2.05, 4.69) is 5.32 Å². The zero-order chi connectivity index (χ0) is 14.8. The minimum absolute atomic E-state index is 0.604. The molecule has 0 radical (unpaired) electrons. The van der Waals surface area contributed by atoms with Gasteiger partial charge in [-0.2, -0.15) is 26.3 Å². The van der Waals surface area contributed by atoms with Gasteiger partial charge < -0.3 is 5.32 Å². The van der Waals surface area contributed by atoms with E-state index in [9.17, 15) is 26.3 Å². The van der Waals surface area contributed by atoms with E-state index >= 15 is 0 Å². The van der Waals surface area contributed by atoms with Gasteiger partial charge in [0.2, 0.25) is 0 Å². The predicted octanol–water partition coefficient (Wildman–Crippen LogP) is 4.43. The highest BCUT2D eigenvalue weighted by Gasteiger charge is 2.43. The SMILES string of the molecule is CC(C)(C)NC(C)(CCC(F)(F)F)CC(F)(F)F. The van der Waals surface area contributed by atoms with Crippen LogP contribution in [0, 0.1) is 0 Å². The molecule has 110 valence electrons. The van der Waals surface area contributed by atoms with Crippen LogP contribution in [0.1, 0.15) is 47.0 Å². The average Bonchev–Trinajstić information content (AvgIpc) is 1.91. The predicted molar refractivity (Wildman–Crippen MR) is 57.3 cm³/mol. The van der Waals surface area contributed by atoms with Crippen molar-refractivity contribution in [2.75, 3.05) is 0 Å². The van der Waals surface area contributed by atoms with Gasteiger partial charge in [-0.1, -0.05) is 0 Å². The molecule has 0 spiro atoms. The van der Waals surface area contributed by atoms with Gasteiger partial charge in [-0.05, 0) is 34.1 Å². The van der Waals surface area contributed by atoms with Gasteiger partial charge in [0, 0.05) is 17.5 Å². The third kappa shape index (κ3) is 9.56. The molecular weight excluding hydrogens is 260 g/mol. The van der Waals surface area contributed by atoms with E-state index in [0.717, 1.165) is 0 Å². The molecule has 1 unspecified atom stereocenters. The minimum atomic E-state index is -4.50. The topological polar surface area (TPSA) is 12.0 Å². The van der Waals surface area contributed by atoms with E-state index in [1.807, 2.05) is 0 Å². The third-order valence-corrected chi connectivity index (χ3v) is 2.23. The van der Waals surface area contributed by atoms with E-state index in [1.54, 1.807) is 20.8 Å². The quantitative estimate of drug-likeness (QED) is 0.751. The fraction of sp³-hybridized carbons (Fsp3) is 1.00. The number of halogens is 6. The van der Waals surface area contributed by atoms with Gasteiger partial charge in [0.15, 0.2) is 0 Å². The van der Waals surface area contributed by atoms with Gasteiger partial charge >= 0.3 is 12.4 Å². The van der Waals surface area contributed by atoms with Crippen LogP contribution >= 0.6 is 0 Å². The smallest absolute Gasteiger partial charge is 0.307 e. The molecule has 0 aromatic heterocycles. The Bertz CT molecular complexity index is 244. The monoisotopic (exact) mass is 279 g/mol. The summed E-state index contributed by atoms with van der Waals surface area (Å²) in [5.41, 5.74) is -2.31. The van der Waals surface area contributed by atoms with Crippen LogP contribution in [0.15, 0.2) is 0 Å². The molecule has 0 aromatic rings. The summed E-state index contributed by atoms with van der Waals surface area (Å²) in [5.74, 6) is 0. The van der Waals surface area contributed by atoms with E-state index < -0.39 is 42.7 Å². The summed E-state index contributed by atoms with van der Waals surface area (Å²) in [7, 11) is 0. The summed E-state index contributed by atoms with van der Waals surface area (Å²) in [4.78, 5) is 0. The molecule has 1 nitrogen and oxygen atoms in total. The molecule has 0 rings (SSSR count). The second-order valence-corrected chi connectivity index (χ2v) is 5.84. The van der Waals surface area contributed by atoms with Crippen molar-refractivity contribution in [2.24, 2.45) is 0 Å². The maximum absolute atomic E-state index is 12.4. The highest BCUT2D eigenvalue weighted by atomic mass is 19.4. The molecule has 18 heavy (non-hydrogen) atoms. The molecule has 0 saturated carbocycles. The molecule has 0 aliphatic carbocycles. The standard InChI is InChI=1S/C11H19F6N/c1-8(2,3)18-9(4,7-11(15,16)17)5-6-10(12,13)14/h18H,5-7H2,1-4H3. The first kappa shape index (κ1) is 17.5. The van der Waals surface area contributed by atoms with Crippen LogP contribution in [-0.2, 0) is 0 Å². The van der Waals surface area contributed by atoms with Gasteiger partial charge in [0.05, 0.1) is 6.42 Å². The Kier molecular flexibility index (Phi) is 5.13. The maximum Gasteiger partial charge on any atom is 0.390 e. The number of nitrogens with one attached hydrogen (secondary N) is 1. The van der Waals surface area contributed by atoms with Crippen molar-refractivity contribution in [3.8, 4) is 0 Å². The van der Waals surface area contributed by atoms with Crippen molar-refractivity contribution in [2.45, 2.75) is 70.4 Å². The van der Waals surface area contributed by atoms with Crippen LogP contribution in [0.5, 0.6) is 0 Å².